The lowest BCUT2D eigenvalue weighted by molar-refractivity contribution is -0.118. The number of aryl methyl sites for hydroxylation is 1. The lowest BCUT2D eigenvalue weighted by atomic mass is 10.0. The van der Waals surface area contributed by atoms with Crippen molar-refractivity contribution in [1.29, 1.82) is 0 Å². The molecule has 1 N–H and O–H groups in total. The maximum absolute atomic E-state index is 12.3. The molecule has 0 fully saturated rings. The van der Waals surface area contributed by atoms with Crippen molar-refractivity contribution in [1.82, 2.24) is 29.6 Å². The SMILES string of the molecule is Cc1nccn1CC(C)CNC(=O)CSc1nncn1-c1ccc(C(C)C)cc1. The van der Waals surface area contributed by atoms with Gasteiger partial charge in [0, 0.05) is 31.2 Å². The van der Waals surface area contributed by atoms with Crippen LogP contribution in [-0.4, -0.2) is 42.5 Å². The number of nitrogens with zero attached hydrogens (tertiary/aromatic N) is 5. The van der Waals surface area contributed by atoms with Gasteiger partial charge >= 0.3 is 0 Å². The van der Waals surface area contributed by atoms with E-state index in [1.807, 2.05) is 17.7 Å². The second-order valence-electron chi connectivity index (χ2n) is 7.55. The summed E-state index contributed by atoms with van der Waals surface area (Å²) in [4.78, 5) is 16.5. The average molecular weight is 413 g/mol. The van der Waals surface area contributed by atoms with Gasteiger partial charge in [0.15, 0.2) is 5.16 Å². The van der Waals surface area contributed by atoms with Crippen LogP contribution in [0.5, 0.6) is 0 Å². The van der Waals surface area contributed by atoms with E-state index >= 15 is 0 Å². The fraction of sp³-hybridized carbons (Fsp3) is 0.429. The third-order valence-electron chi connectivity index (χ3n) is 4.77. The van der Waals surface area contributed by atoms with Gasteiger partial charge in [-0.2, -0.15) is 0 Å². The number of hydrogen-bond donors (Lipinski definition) is 1. The molecular weight excluding hydrogens is 384 g/mol. The van der Waals surface area contributed by atoms with Crippen molar-refractivity contribution in [2.24, 2.45) is 5.92 Å². The molecule has 0 aliphatic rings. The maximum atomic E-state index is 12.3. The summed E-state index contributed by atoms with van der Waals surface area (Å²) in [6, 6.07) is 8.35. The zero-order chi connectivity index (χ0) is 20.8. The molecule has 3 rings (SSSR count). The summed E-state index contributed by atoms with van der Waals surface area (Å²) in [6.07, 6.45) is 5.44. The van der Waals surface area contributed by atoms with E-state index in [1.54, 1.807) is 12.5 Å². The van der Waals surface area contributed by atoms with Gasteiger partial charge in [-0.3, -0.25) is 9.36 Å². The molecule has 1 aromatic carbocycles. The summed E-state index contributed by atoms with van der Waals surface area (Å²) in [7, 11) is 0. The highest BCUT2D eigenvalue weighted by Crippen LogP contribution is 2.21. The van der Waals surface area contributed by atoms with Crippen molar-refractivity contribution in [3.63, 3.8) is 0 Å². The summed E-state index contributed by atoms with van der Waals surface area (Å²) in [6.45, 7) is 9.90. The number of hydrogen-bond acceptors (Lipinski definition) is 5. The summed E-state index contributed by atoms with van der Waals surface area (Å²) < 4.78 is 4.01. The van der Waals surface area contributed by atoms with Crippen LogP contribution < -0.4 is 5.32 Å². The Morgan fingerprint density at radius 2 is 1.97 bits per heavy atom. The van der Waals surface area contributed by atoms with Gasteiger partial charge < -0.3 is 9.88 Å². The smallest absolute Gasteiger partial charge is 0.230 e. The van der Waals surface area contributed by atoms with E-state index in [0.29, 0.717) is 29.3 Å². The molecule has 0 aliphatic heterocycles. The molecule has 0 radical (unpaired) electrons. The minimum Gasteiger partial charge on any atom is -0.355 e. The van der Waals surface area contributed by atoms with E-state index in [-0.39, 0.29) is 5.91 Å². The normalized spacial score (nSPS) is 12.3. The number of thioether (sulfide) groups is 1. The van der Waals surface area contributed by atoms with Crippen LogP contribution >= 0.6 is 11.8 Å². The van der Waals surface area contributed by atoms with Crippen LogP contribution in [0.2, 0.25) is 0 Å². The molecule has 3 aromatic rings. The molecular formula is C21H28N6OS. The lowest BCUT2D eigenvalue weighted by Crippen LogP contribution is -2.31. The van der Waals surface area contributed by atoms with E-state index in [1.165, 1.54) is 17.3 Å². The molecule has 1 atom stereocenters. The number of rotatable bonds is 9. The zero-order valence-electron chi connectivity index (χ0n) is 17.4. The summed E-state index contributed by atoms with van der Waals surface area (Å²) >= 11 is 1.39. The van der Waals surface area contributed by atoms with Crippen molar-refractivity contribution in [3.05, 3.63) is 54.4 Å². The number of carbonyl (C=O) groups is 1. The molecule has 0 saturated heterocycles. The Morgan fingerprint density at radius 1 is 1.21 bits per heavy atom. The Kier molecular flexibility index (Phi) is 7.09. The molecule has 2 heterocycles. The third-order valence-corrected chi connectivity index (χ3v) is 5.71. The maximum Gasteiger partial charge on any atom is 0.230 e. The first-order valence-corrected chi connectivity index (χ1v) is 10.8. The fourth-order valence-electron chi connectivity index (χ4n) is 2.99. The molecule has 154 valence electrons. The number of aromatic nitrogens is 5. The highest BCUT2D eigenvalue weighted by Gasteiger charge is 2.12. The molecule has 0 saturated carbocycles. The van der Waals surface area contributed by atoms with E-state index in [4.69, 9.17) is 0 Å². The van der Waals surface area contributed by atoms with Gasteiger partial charge in [0.2, 0.25) is 5.91 Å². The van der Waals surface area contributed by atoms with Crippen LogP contribution in [0, 0.1) is 12.8 Å². The van der Waals surface area contributed by atoms with Crippen molar-refractivity contribution >= 4 is 17.7 Å². The highest BCUT2D eigenvalue weighted by atomic mass is 32.2. The first-order valence-electron chi connectivity index (χ1n) is 9.81. The predicted octanol–water partition coefficient (Wildman–Crippen LogP) is 3.44. The number of carbonyl (C=O) groups excluding carboxylic acids is 1. The standard InChI is InChI=1S/C21H28N6OS/c1-15(2)18-5-7-19(8-6-18)27-14-24-25-21(27)29-13-20(28)23-11-16(3)12-26-10-9-22-17(26)4/h5-10,14-16H,11-13H2,1-4H3,(H,23,28). The Labute approximate surface area is 175 Å². The molecule has 8 heteroatoms. The molecule has 0 spiro atoms. The minimum absolute atomic E-state index is 0.00564. The molecule has 1 unspecified atom stereocenters. The van der Waals surface area contributed by atoms with Crippen LogP contribution in [0.3, 0.4) is 0 Å². The highest BCUT2D eigenvalue weighted by molar-refractivity contribution is 7.99. The van der Waals surface area contributed by atoms with Gasteiger partial charge in [-0.05, 0) is 36.5 Å². The van der Waals surface area contributed by atoms with E-state index in [9.17, 15) is 4.79 Å². The Hall–Kier alpha value is -2.61. The number of amides is 1. The summed E-state index contributed by atoms with van der Waals surface area (Å²) in [5.74, 6) is 2.09. The topological polar surface area (TPSA) is 77.6 Å². The van der Waals surface area contributed by atoms with Crippen LogP contribution in [0.15, 0.2) is 48.1 Å². The molecule has 0 bridgehead atoms. The van der Waals surface area contributed by atoms with Crippen LogP contribution in [0.1, 0.15) is 38.1 Å². The molecule has 29 heavy (non-hydrogen) atoms. The Bertz CT molecular complexity index is 931. The molecule has 0 aliphatic carbocycles. The number of imidazole rings is 1. The van der Waals surface area contributed by atoms with Crippen LogP contribution in [-0.2, 0) is 11.3 Å². The molecule has 7 nitrogen and oxygen atoms in total. The monoisotopic (exact) mass is 412 g/mol. The lowest BCUT2D eigenvalue weighted by Gasteiger charge is -2.14. The van der Waals surface area contributed by atoms with Gasteiger partial charge in [0.25, 0.3) is 0 Å². The summed E-state index contributed by atoms with van der Waals surface area (Å²) in [5.41, 5.74) is 2.28. The van der Waals surface area contributed by atoms with Gasteiger partial charge in [-0.1, -0.05) is 44.7 Å². The van der Waals surface area contributed by atoms with E-state index < -0.39 is 0 Å². The van der Waals surface area contributed by atoms with Gasteiger partial charge in [-0.25, -0.2) is 4.98 Å². The number of nitrogens with one attached hydrogen (secondary N) is 1. The van der Waals surface area contributed by atoms with Gasteiger partial charge in [-0.15, -0.1) is 10.2 Å². The second-order valence-corrected chi connectivity index (χ2v) is 8.50. The number of benzene rings is 1. The Morgan fingerprint density at radius 3 is 2.62 bits per heavy atom. The van der Waals surface area contributed by atoms with Crippen molar-refractivity contribution < 1.29 is 4.79 Å². The van der Waals surface area contributed by atoms with E-state index in [2.05, 4.69) is 70.1 Å². The minimum atomic E-state index is -0.00564. The fourth-order valence-corrected chi connectivity index (χ4v) is 3.74. The Balaban J connectivity index is 1.49. The zero-order valence-corrected chi connectivity index (χ0v) is 18.2. The predicted molar refractivity (Wildman–Crippen MR) is 115 cm³/mol. The second kappa shape index (κ2) is 9.73. The van der Waals surface area contributed by atoms with Crippen LogP contribution in [0.25, 0.3) is 5.69 Å². The van der Waals surface area contributed by atoms with Gasteiger partial charge in [0.05, 0.1) is 5.75 Å². The molecule has 1 amide bonds. The van der Waals surface area contributed by atoms with Gasteiger partial charge in [0.1, 0.15) is 12.2 Å². The largest absolute Gasteiger partial charge is 0.355 e. The quantitative estimate of drug-likeness (QED) is 0.545. The van der Waals surface area contributed by atoms with Crippen molar-refractivity contribution in [2.45, 2.75) is 45.3 Å². The molecule has 2 aromatic heterocycles. The third kappa shape index (κ3) is 5.69. The van der Waals surface area contributed by atoms with Crippen LogP contribution in [0.4, 0.5) is 0 Å². The first kappa shape index (κ1) is 21.1. The average Bonchev–Trinajstić information content (AvgIpc) is 3.34. The summed E-state index contributed by atoms with van der Waals surface area (Å²) in [5, 5.41) is 11.9. The van der Waals surface area contributed by atoms with E-state index in [0.717, 1.165) is 18.1 Å². The van der Waals surface area contributed by atoms with Crippen molar-refractivity contribution in [2.75, 3.05) is 12.3 Å². The first-order chi connectivity index (χ1) is 13.9. The van der Waals surface area contributed by atoms with Crippen molar-refractivity contribution in [3.8, 4) is 5.69 Å².